The molecule has 0 unspecified atom stereocenters. The molecular weight excluding hydrogens is 262 g/mol. The third kappa shape index (κ3) is 4.12. The number of likely N-dealkylation sites (tertiary alicyclic amines) is 1. The maximum absolute atomic E-state index is 13.6. The maximum atomic E-state index is 13.6. The summed E-state index contributed by atoms with van der Waals surface area (Å²) in [6.07, 6.45) is 1.55. The third-order valence-electron chi connectivity index (χ3n) is 4.18. The maximum Gasteiger partial charge on any atom is 0.265 e. The highest BCUT2D eigenvalue weighted by atomic mass is 19.3. The summed E-state index contributed by atoms with van der Waals surface area (Å²) in [5, 5.41) is 0. The second-order valence-electron chi connectivity index (χ2n) is 7.56. The first kappa shape index (κ1) is 16.1. The Kier molecular flexibility index (Phi) is 4.72. The van der Waals surface area contributed by atoms with Gasteiger partial charge in [-0.25, -0.2) is 8.78 Å². The number of hydrogen-bond acceptors (Lipinski definition) is 3. The van der Waals surface area contributed by atoms with E-state index in [1.54, 1.807) is 0 Å². The molecule has 3 nitrogen and oxygen atoms in total. The molecule has 0 amide bonds. The van der Waals surface area contributed by atoms with E-state index in [9.17, 15) is 8.78 Å². The Bertz CT molecular complexity index is 330. The molecule has 2 rings (SSSR count). The van der Waals surface area contributed by atoms with Crippen LogP contribution in [0.4, 0.5) is 8.78 Å². The monoisotopic (exact) mass is 290 g/mol. The standard InChI is InChI=1S/C15H28F2N2O/c1-14(2,3)10-19-8-6-11(9-19)20-12-5-4-7-15(16,17)13(12)18/h11-13H,4-10,18H2,1-3H3/t11-,12-,13+/m0/s1. The van der Waals surface area contributed by atoms with E-state index in [0.29, 0.717) is 12.8 Å². The molecular formula is C15H28F2N2O. The fourth-order valence-corrected chi connectivity index (χ4v) is 3.28. The van der Waals surface area contributed by atoms with Crippen LogP contribution in [-0.4, -0.2) is 48.7 Å². The minimum absolute atomic E-state index is 0.0577. The molecule has 5 heteroatoms. The molecule has 1 saturated heterocycles. The van der Waals surface area contributed by atoms with Crippen molar-refractivity contribution >= 4 is 0 Å². The van der Waals surface area contributed by atoms with Crippen molar-refractivity contribution in [3.8, 4) is 0 Å². The van der Waals surface area contributed by atoms with Crippen LogP contribution in [0.2, 0.25) is 0 Å². The molecule has 0 aromatic rings. The number of alkyl halides is 2. The number of rotatable bonds is 3. The summed E-state index contributed by atoms with van der Waals surface area (Å²) in [5.74, 6) is -2.77. The van der Waals surface area contributed by atoms with Crippen molar-refractivity contribution in [2.75, 3.05) is 19.6 Å². The largest absolute Gasteiger partial charge is 0.372 e. The summed E-state index contributed by atoms with van der Waals surface area (Å²) >= 11 is 0. The first-order valence-corrected chi connectivity index (χ1v) is 7.69. The number of nitrogens with zero attached hydrogens (tertiary/aromatic N) is 1. The third-order valence-corrected chi connectivity index (χ3v) is 4.18. The van der Waals surface area contributed by atoms with Gasteiger partial charge >= 0.3 is 0 Å². The molecule has 0 radical (unpaired) electrons. The second-order valence-corrected chi connectivity index (χ2v) is 7.56. The minimum atomic E-state index is -2.77. The van der Waals surface area contributed by atoms with Crippen molar-refractivity contribution in [3.05, 3.63) is 0 Å². The van der Waals surface area contributed by atoms with Gasteiger partial charge in [-0.1, -0.05) is 20.8 Å². The second kappa shape index (κ2) is 5.85. The summed E-state index contributed by atoms with van der Waals surface area (Å²) in [5.41, 5.74) is 5.94. The Hall–Kier alpha value is -0.260. The molecule has 1 aliphatic carbocycles. The van der Waals surface area contributed by atoms with Crippen molar-refractivity contribution in [1.82, 2.24) is 4.90 Å². The number of nitrogens with two attached hydrogens (primary N) is 1. The molecule has 2 N–H and O–H groups in total. The Morgan fingerprint density at radius 2 is 2.00 bits per heavy atom. The highest BCUT2D eigenvalue weighted by Crippen LogP contribution is 2.35. The highest BCUT2D eigenvalue weighted by Gasteiger charge is 2.46. The Labute approximate surface area is 120 Å². The lowest BCUT2D eigenvalue weighted by atomic mass is 9.89. The van der Waals surface area contributed by atoms with Crippen molar-refractivity contribution in [2.24, 2.45) is 11.1 Å². The van der Waals surface area contributed by atoms with Gasteiger partial charge in [0.2, 0.25) is 0 Å². The molecule has 118 valence electrons. The summed E-state index contributed by atoms with van der Waals surface area (Å²) in [6, 6.07) is -1.15. The fraction of sp³-hybridized carbons (Fsp3) is 1.00. The van der Waals surface area contributed by atoms with E-state index in [-0.39, 0.29) is 17.9 Å². The van der Waals surface area contributed by atoms with Gasteiger partial charge in [-0.3, -0.25) is 0 Å². The van der Waals surface area contributed by atoms with Crippen LogP contribution >= 0.6 is 0 Å². The Morgan fingerprint density at radius 1 is 1.30 bits per heavy atom. The SMILES string of the molecule is CC(C)(C)CN1CC[C@H](O[C@H]2CCCC(F)(F)[C@@H]2N)C1. The molecule has 2 aliphatic rings. The van der Waals surface area contributed by atoms with Crippen LogP contribution in [0.15, 0.2) is 0 Å². The molecule has 2 fully saturated rings. The molecule has 1 aliphatic heterocycles. The van der Waals surface area contributed by atoms with Gasteiger partial charge in [-0.15, -0.1) is 0 Å². The van der Waals surface area contributed by atoms with Crippen LogP contribution in [0.3, 0.4) is 0 Å². The molecule has 0 spiro atoms. The first-order chi connectivity index (χ1) is 9.17. The van der Waals surface area contributed by atoms with Crippen molar-refractivity contribution in [1.29, 1.82) is 0 Å². The zero-order valence-electron chi connectivity index (χ0n) is 12.9. The van der Waals surface area contributed by atoms with Gasteiger partial charge in [-0.2, -0.15) is 0 Å². The Morgan fingerprint density at radius 3 is 2.65 bits per heavy atom. The molecule has 1 saturated carbocycles. The van der Waals surface area contributed by atoms with Crippen LogP contribution in [0.25, 0.3) is 0 Å². The average Bonchev–Trinajstić information content (AvgIpc) is 2.70. The van der Waals surface area contributed by atoms with E-state index in [4.69, 9.17) is 10.5 Å². The first-order valence-electron chi connectivity index (χ1n) is 7.69. The van der Waals surface area contributed by atoms with Crippen LogP contribution in [-0.2, 0) is 4.74 Å². The van der Waals surface area contributed by atoms with E-state index in [1.165, 1.54) is 0 Å². The molecule has 0 aromatic carbocycles. The summed E-state index contributed by atoms with van der Waals surface area (Å²) in [6.45, 7) is 9.46. The van der Waals surface area contributed by atoms with Gasteiger partial charge in [0.15, 0.2) is 0 Å². The fourth-order valence-electron chi connectivity index (χ4n) is 3.28. The number of hydrogen-bond donors (Lipinski definition) is 1. The van der Waals surface area contributed by atoms with E-state index in [0.717, 1.165) is 26.1 Å². The molecule has 0 aromatic heterocycles. The molecule has 20 heavy (non-hydrogen) atoms. The lowest BCUT2D eigenvalue weighted by Crippen LogP contribution is -2.54. The quantitative estimate of drug-likeness (QED) is 0.868. The lowest BCUT2D eigenvalue weighted by Gasteiger charge is -2.36. The van der Waals surface area contributed by atoms with Crippen LogP contribution < -0.4 is 5.73 Å². The molecule has 1 heterocycles. The van der Waals surface area contributed by atoms with E-state index < -0.39 is 18.1 Å². The van der Waals surface area contributed by atoms with E-state index >= 15 is 0 Å². The van der Waals surface area contributed by atoms with Crippen molar-refractivity contribution in [2.45, 2.75) is 70.6 Å². The van der Waals surface area contributed by atoms with Gasteiger partial charge in [0.25, 0.3) is 5.92 Å². The number of ether oxygens (including phenoxy) is 1. The smallest absolute Gasteiger partial charge is 0.265 e. The van der Waals surface area contributed by atoms with Crippen molar-refractivity contribution in [3.63, 3.8) is 0 Å². The zero-order chi connectivity index (χ0) is 15.0. The lowest BCUT2D eigenvalue weighted by molar-refractivity contribution is -0.130. The van der Waals surface area contributed by atoms with Gasteiger partial charge in [0, 0.05) is 26.1 Å². The van der Waals surface area contributed by atoms with Crippen LogP contribution in [0.1, 0.15) is 46.5 Å². The van der Waals surface area contributed by atoms with Crippen LogP contribution in [0, 0.1) is 5.41 Å². The average molecular weight is 290 g/mol. The molecule has 3 atom stereocenters. The van der Waals surface area contributed by atoms with Gasteiger partial charge in [-0.05, 0) is 24.7 Å². The highest BCUT2D eigenvalue weighted by molar-refractivity contribution is 4.93. The minimum Gasteiger partial charge on any atom is -0.372 e. The summed E-state index contributed by atoms with van der Waals surface area (Å²) in [7, 11) is 0. The normalized spacial score (nSPS) is 35.4. The van der Waals surface area contributed by atoms with Gasteiger partial charge in [0.05, 0.1) is 18.2 Å². The summed E-state index contributed by atoms with van der Waals surface area (Å²) in [4.78, 5) is 2.36. The van der Waals surface area contributed by atoms with Crippen LogP contribution in [0.5, 0.6) is 0 Å². The van der Waals surface area contributed by atoms with E-state index in [2.05, 4.69) is 25.7 Å². The van der Waals surface area contributed by atoms with E-state index in [1.807, 2.05) is 0 Å². The van der Waals surface area contributed by atoms with Gasteiger partial charge < -0.3 is 15.4 Å². The Balaban J connectivity index is 1.83. The predicted molar refractivity (Wildman–Crippen MR) is 75.9 cm³/mol. The predicted octanol–water partition coefficient (Wildman–Crippen LogP) is 2.64. The zero-order valence-corrected chi connectivity index (χ0v) is 12.9. The van der Waals surface area contributed by atoms with Crippen molar-refractivity contribution < 1.29 is 13.5 Å². The number of halogens is 2. The topological polar surface area (TPSA) is 38.5 Å². The molecule has 0 bridgehead atoms. The van der Waals surface area contributed by atoms with Gasteiger partial charge in [0.1, 0.15) is 0 Å². The summed E-state index contributed by atoms with van der Waals surface area (Å²) < 4.78 is 33.1.